The molecule has 6 nitrogen and oxygen atoms in total. The van der Waals surface area contributed by atoms with Gasteiger partial charge in [0.15, 0.2) is 0 Å². The summed E-state index contributed by atoms with van der Waals surface area (Å²) in [6.45, 7) is 6.53. The minimum atomic E-state index is -0.266. The molecule has 0 spiro atoms. The van der Waals surface area contributed by atoms with Crippen molar-refractivity contribution in [1.82, 2.24) is 20.5 Å². The summed E-state index contributed by atoms with van der Waals surface area (Å²) in [5.41, 5.74) is 5.77. The lowest BCUT2D eigenvalue weighted by Gasteiger charge is -2.13. The molecule has 1 aromatic heterocycles. The normalized spacial score (nSPS) is 17.6. The van der Waals surface area contributed by atoms with Gasteiger partial charge in [0.1, 0.15) is 5.82 Å². The molecule has 0 bridgehead atoms. The SMILES string of the molecule is CC(C)(C)c1nc(C(=O)NCC(N)C2CC2)n[nH]1. The molecule has 1 saturated carbocycles. The number of aromatic amines is 1. The van der Waals surface area contributed by atoms with Crippen LogP contribution in [0.3, 0.4) is 0 Å². The highest BCUT2D eigenvalue weighted by Crippen LogP contribution is 2.31. The third-order valence-corrected chi connectivity index (χ3v) is 3.12. The highest BCUT2D eigenvalue weighted by molar-refractivity contribution is 5.90. The number of nitrogens with two attached hydrogens (primary N) is 1. The van der Waals surface area contributed by atoms with E-state index >= 15 is 0 Å². The van der Waals surface area contributed by atoms with Gasteiger partial charge in [0.25, 0.3) is 5.91 Å². The molecule has 1 fully saturated rings. The number of carbonyl (C=O) groups is 1. The molecule has 0 radical (unpaired) electrons. The number of H-pyrrole nitrogens is 1. The third-order valence-electron chi connectivity index (χ3n) is 3.12. The van der Waals surface area contributed by atoms with E-state index in [1.165, 1.54) is 12.8 Å². The van der Waals surface area contributed by atoms with E-state index in [1.54, 1.807) is 0 Å². The lowest BCUT2D eigenvalue weighted by Crippen LogP contribution is -2.38. The average molecular weight is 251 g/mol. The lowest BCUT2D eigenvalue weighted by molar-refractivity contribution is 0.0940. The second-order valence-electron chi connectivity index (χ2n) is 5.97. The van der Waals surface area contributed by atoms with E-state index in [1.807, 2.05) is 20.8 Å². The minimum Gasteiger partial charge on any atom is -0.348 e. The molecule has 2 rings (SSSR count). The maximum atomic E-state index is 11.8. The van der Waals surface area contributed by atoms with Gasteiger partial charge in [0.2, 0.25) is 5.82 Å². The molecule has 1 aliphatic carbocycles. The number of aromatic nitrogens is 3. The van der Waals surface area contributed by atoms with Gasteiger partial charge >= 0.3 is 0 Å². The molecule has 1 amide bonds. The van der Waals surface area contributed by atoms with Gasteiger partial charge in [-0.15, -0.1) is 5.10 Å². The number of rotatable bonds is 4. The molecule has 0 aliphatic heterocycles. The van der Waals surface area contributed by atoms with Crippen LogP contribution in [0.5, 0.6) is 0 Å². The fourth-order valence-electron chi connectivity index (χ4n) is 1.68. The van der Waals surface area contributed by atoms with Gasteiger partial charge in [-0.25, -0.2) is 4.98 Å². The highest BCUT2D eigenvalue weighted by atomic mass is 16.2. The maximum Gasteiger partial charge on any atom is 0.291 e. The van der Waals surface area contributed by atoms with Crippen LogP contribution < -0.4 is 11.1 Å². The summed E-state index contributed by atoms with van der Waals surface area (Å²) in [6, 6.07) is 0.0509. The molecule has 1 aromatic rings. The van der Waals surface area contributed by atoms with Crippen LogP contribution in [0.25, 0.3) is 0 Å². The van der Waals surface area contributed by atoms with Crippen LogP contribution in [0.4, 0.5) is 0 Å². The zero-order chi connectivity index (χ0) is 13.3. The molecule has 1 unspecified atom stereocenters. The van der Waals surface area contributed by atoms with Crippen LogP contribution in [0, 0.1) is 5.92 Å². The van der Waals surface area contributed by atoms with Crippen molar-refractivity contribution in [3.05, 3.63) is 11.6 Å². The minimum absolute atomic E-state index is 0.0509. The van der Waals surface area contributed by atoms with Gasteiger partial charge < -0.3 is 11.1 Å². The first-order valence-electron chi connectivity index (χ1n) is 6.34. The summed E-state index contributed by atoms with van der Waals surface area (Å²) in [4.78, 5) is 16.0. The Kier molecular flexibility index (Phi) is 3.38. The van der Waals surface area contributed by atoms with Crippen LogP contribution in [-0.4, -0.2) is 33.7 Å². The summed E-state index contributed by atoms with van der Waals surface area (Å²) in [5.74, 6) is 1.20. The van der Waals surface area contributed by atoms with Crippen molar-refractivity contribution in [2.45, 2.75) is 45.1 Å². The Balaban J connectivity index is 1.90. The largest absolute Gasteiger partial charge is 0.348 e. The number of hydrogen-bond donors (Lipinski definition) is 3. The second-order valence-corrected chi connectivity index (χ2v) is 5.97. The predicted molar refractivity (Wildman–Crippen MR) is 68.1 cm³/mol. The van der Waals surface area contributed by atoms with E-state index in [0.29, 0.717) is 18.3 Å². The summed E-state index contributed by atoms with van der Waals surface area (Å²) in [7, 11) is 0. The van der Waals surface area contributed by atoms with Crippen molar-refractivity contribution >= 4 is 5.91 Å². The number of carbonyl (C=O) groups excluding carboxylic acids is 1. The standard InChI is InChI=1S/C12H21N5O/c1-12(2,3)11-15-9(16-17-11)10(18)14-6-8(13)7-4-5-7/h7-8H,4-6,13H2,1-3H3,(H,14,18)(H,15,16,17). The Morgan fingerprint density at radius 1 is 1.56 bits per heavy atom. The van der Waals surface area contributed by atoms with Crippen LogP contribution in [0.15, 0.2) is 0 Å². The van der Waals surface area contributed by atoms with Crippen molar-refractivity contribution < 1.29 is 4.79 Å². The Bertz CT molecular complexity index is 430. The smallest absolute Gasteiger partial charge is 0.291 e. The van der Waals surface area contributed by atoms with Gasteiger partial charge in [0, 0.05) is 18.0 Å². The molecule has 1 atom stereocenters. The molecule has 6 heteroatoms. The number of hydrogen-bond acceptors (Lipinski definition) is 4. The molecular formula is C12H21N5O. The fraction of sp³-hybridized carbons (Fsp3) is 0.750. The molecule has 1 heterocycles. The molecule has 18 heavy (non-hydrogen) atoms. The van der Waals surface area contributed by atoms with E-state index in [2.05, 4.69) is 20.5 Å². The van der Waals surface area contributed by atoms with E-state index < -0.39 is 0 Å². The third kappa shape index (κ3) is 3.07. The molecule has 100 valence electrons. The fourth-order valence-corrected chi connectivity index (χ4v) is 1.68. The highest BCUT2D eigenvalue weighted by Gasteiger charge is 2.29. The Morgan fingerprint density at radius 2 is 2.22 bits per heavy atom. The van der Waals surface area contributed by atoms with Crippen LogP contribution in [0.2, 0.25) is 0 Å². The van der Waals surface area contributed by atoms with E-state index in [9.17, 15) is 4.79 Å². The topological polar surface area (TPSA) is 96.7 Å². The Morgan fingerprint density at radius 3 is 2.72 bits per heavy atom. The quantitative estimate of drug-likeness (QED) is 0.728. The molecule has 1 aliphatic rings. The first-order chi connectivity index (χ1) is 8.38. The zero-order valence-corrected chi connectivity index (χ0v) is 11.2. The van der Waals surface area contributed by atoms with Crippen LogP contribution in [0.1, 0.15) is 50.1 Å². The molecular weight excluding hydrogens is 230 g/mol. The molecule has 0 saturated heterocycles. The van der Waals surface area contributed by atoms with Gasteiger partial charge in [-0.1, -0.05) is 20.8 Å². The van der Waals surface area contributed by atoms with Crippen LogP contribution >= 0.6 is 0 Å². The zero-order valence-electron chi connectivity index (χ0n) is 11.2. The Hall–Kier alpha value is -1.43. The first-order valence-corrected chi connectivity index (χ1v) is 6.34. The summed E-state index contributed by atoms with van der Waals surface area (Å²) < 4.78 is 0. The first kappa shape index (κ1) is 13.0. The predicted octanol–water partition coefficient (Wildman–Crippen LogP) is 0.569. The monoisotopic (exact) mass is 251 g/mol. The lowest BCUT2D eigenvalue weighted by atomic mass is 9.96. The second kappa shape index (κ2) is 4.68. The van der Waals surface area contributed by atoms with Gasteiger partial charge in [-0.2, -0.15) is 0 Å². The average Bonchev–Trinajstić information content (AvgIpc) is 3.00. The molecule has 4 N–H and O–H groups in total. The summed E-state index contributed by atoms with van der Waals surface area (Å²) in [6.07, 6.45) is 2.34. The van der Waals surface area contributed by atoms with Gasteiger partial charge in [-0.3, -0.25) is 9.89 Å². The Labute approximate surface area is 107 Å². The van der Waals surface area contributed by atoms with Crippen molar-refractivity contribution in [3.63, 3.8) is 0 Å². The number of amides is 1. The van der Waals surface area contributed by atoms with Gasteiger partial charge in [-0.05, 0) is 18.8 Å². The van der Waals surface area contributed by atoms with Gasteiger partial charge in [0.05, 0.1) is 0 Å². The maximum absolute atomic E-state index is 11.8. The van der Waals surface area contributed by atoms with E-state index in [0.717, 1.165) is 0 Å². The molecule has 0 aromatic carbocycles. The van der Waals surface area contributed by atoms with Crippen LogP contribution in [-0.2, 0) is 5.41 Å². The summed E-state index contributed by atoms with van der Waals surface area (Å²) >= 11 is 0. The van der Waals surface area contributed by atoms with Crippen molar-refractivity contribution in [2.75, 3.05) is 6.54 Å². The van der Waals surface area contributed by atoms with Crippen molar-refractivity contribution in [2.24, 2.45) is 11.7 Å². The van der Waals surface area contributed by atoms with Crippen molar-refractivity contribution in [3.8, 4) is 0 Å². The van der Waals surface area contributed by atoms with E-state index in [-0.39, 0.29) is 23.2 Å². The van der Waals surface area contributed by atoms with E-state index in [4.69, 9.17) is 5.73 Å². The number of nitrogens with one attached hydrogen (secondary N) is 2. The number of nitrogens with zero attached hydrogens (tertiary/aromatic N) is 2. The summed E-state index contributed by atoms with van der Waals surface area (Å²) in [5, 5.41) is 9.50. The van der Waals surface area contributed by atoms with Crippen molar-refractivity contribution in [1.29, 1.82) is 0 Å².